The Bertz CT molecular complexity index is 1120. The molecule has 0 aliphatic carbocycles. The average molecular weight is 378 g/mol. The molecule has 1 amide bonds. The van der Waals surface area contributed by atoms with Crippen LogP contribution in [0.4, 0.5) is 0 Å². The van der Waals surface area contributed by atoms with E-state index in [-0.39, 0.29) is 17.3 Å². The third-order valence-electron chi connectivity index (χ3n) is 4.35. The molecule has 144 valence electrons. The first kappa shape index (κ1) is 19.3. The molecule has 0 saturated carbocycles. The third kappa shape index (κ3) is 3.78. The highest BCUT2D eigenvalue weighted by Gasteiger charge is 2.17. The van der Waals surface area contributed by atoms with Gasteiger partial charge in [-0.1, -0.05) is 30.3 Å². The van der Waals surface area contributed by atoms with E-state index in [9.17, 15) is 9.59 Å². The molecule has 3 aromatic rings. The lowest BCUT2D eigenvalue weighted by Gasteiger charge is -2.12. The maximum atomic E-state index is 12.8. The largest absolute Gasteiger partial charge is 0.497 e. The number of carbonyl (C=O) groups is 1. The van der Waals surface area contributed by atoms with Crippen molar-refractivity contribution in [3.8, 4) is 5.75 Å². The summed E-state index contributed by atoms with van der Waals surface area (Å²) in [5.41, 5.74) is 3.92. The van der Waals surface area contributed by atoms with Crippen molar-refractivity contribution in [2.45, 2.75) is 26.8 Å². The summed E-state index contributed by atoms with van der Waals surface area (Å²) in [4.78, 5) is 25.4. The first-order chi connectivity index (χ1) is 13.4. The van der Waals surface area contributed by atoms with Crippen molar-refractivity contribution in [2.24, 2.45) is 5.10 Å². The van der Waals surface area contributed by atoms with Gasteiger partial charge >= 0.3 is 0 Å². The van der Waals surface area contributed by atoms with E-state index in [2.05, 4.69) is 15.6 Å². The molecule has 3 rings (SSSR count). The van der Waals surface area contributed by atoms with Gasteiger partial charge in [-0.25, -0.2) is 10.1 Å². The van der Waals surface area contributed by atoms with Crippen LogP contribution >= 0.6 is 0 Å². The summed E-state index contributed by atoms with van der Waals surface area (Å²) in [6.45, 7) is 5.47. The van der Waals surface area contributed by atoms with Gasteiger partial charge < -0.3 is 4.74 Å². The van der Waals surface area contributed by atoms with Crippen molar-refractivity contribution in [1.82, 2.24) is 15.2 Å². The Labute approximate surface area is 162 Å². The van der Waals surface area contributed by atoms with E-state index < -0.39 is 5.91 Å². The van der Waals surface area contributed by atoms with E-state index in [1.807, 2.05) is 38.1 Å². The molecule has 1 N–H and O–H groups in total. The van der Waals surface area contributed by atoms with Gasteiger partial charge in [0, 0.05) is 10.9 Å². The molecule has 28 heavy (non-hydrogen) atoms. The lowest BCUT2D eigenvalue weighted by molar-refractivity contribution is 0.0949. The number of amides is 1. The van der Waals surface area contributed by atoms with Crippen molar-refractivity contribution in [1.29, 1.82) is 0 Å². The Morgan fingerprint density at radius 3 is 2.54 bits per heavy atom. The van der Waals surface area contributed by atoms with Crippen molar-refractivity contribution in [3.63, 3.8) is 0 Å². The molecule has 7 nitrogen and oxygen atoms in total. The first-order valence-corrected chi connectivity index (χ1v) is 8.93. The smallest absolute Gasteiger partial charge is 0.292 e. The number of nitrogens with zero attached hydrogens (tertiary/aromatic N) is 3. The highest BCUT2D eigenvalue weighted by Crippen LogP contribution is 2.15. The highest BCUT2D eigenvalue weighted by atomic mass is 16.5. The predicted octanol–water partition coefficient (Wildman–Crippen LogP) is 3.14. The fraction of sp³-hybridized carbons (Fsp3) is 0.238. The van der Waals surface area contributed by atoms with Crippen LogP contribution in [0.5, 0.6) is 5.75 Å². The summed E-state index contributed by atoms with van der Waals surface area (Å²) in [6.07, 6.45) is 0. The van der Waals surface area contributed by atoms with Gasteiger partial charge in [-0.05, 0) is 39.0 Å². The Morgan fingerprint density at radius 2 is 1.86 bits per heavy atom. The van der Waals surface area contributed by atoms with Gasteiger partial charge in [0.1, 0.15) is 5.75 Å². The highest BCUT2D eigenvalue weighted by molar-refractivity contribution is 6.06. The van der Waals surface area contributed by atoms with Crippen LogP contribution in [0.15, 0.2) is 58.4 Å². The summed E-state index contributed by atoms with van der Waals surface area (Å²) in [7, 11) is 1.59. The van der Waals surface area contributed by atoms with E-state index in [1.54, 1.807) is 38.3 Å². The second-order valence-corrected chi connectivity index (χ2v) is 6.61. The minimum atomic E-state index is -0.479. The van der Waals surface area contributed by atoms with Crippen molar-refractivity contribution in [3.05, 3.63) is 70.1 Å². The minimum Gasteiger partial charge on any atom is -0.497 e. The number of hydrazone groups is 1. The van der Waals surface area contributed by atoms with Crippen LogP contribution in [0.1, 0.15) is 42.9 Å². The number of hydrogen-bond acceptors (Lipinski definition) is 5. The van der Waals surface area contributed by atoms with Gasteiger partial charge in [-0.3, -0.25) is 9.59 Å². The van der Waals surface area contributed by atoms with Crippen LogP contribution in [0.3, 0.4) is 0 Å². The number of ether oxygens (including phenoxy) is 1. The number of fused-ring (bicyclic) bond motifs is 1. The normalized spacial score (nSPS) is 11.7. The molecule has 2 aromatic carbocycles. The summed E-state index contributed by atoms with van der Waals surface area (Å²) < 4.78 is 6.53. The monoisotopic (exact) mass is 378 g/mol. The maximum Gasteiger partial charge on any atom is 0.292 e. The molecule has 7 heteroatoms. The maximum absolute atomic E-state index is 12.8. The topological polar surface area (TPSA) is 85.6 Å². The van der Waals surface area contributed by atoms with Gasteiger partial charge in [0.15, 0.2) is 5.69 Å². The molecule has 0 atom stereocenters. The molecule has 0 saturated heterocycles. The molecule has 0 radical (unpaired) electrons. The van der Waals surface area contributed by atoms with E-state index in [4.69, 9.17) is 4.74 Å². The van der Waals surface area contributed by atoms with Gasteiger partial charge in [0.25, 0.3) is 11.5 Å². The zero-order valence-electron chi connectivity index (χ0n) is 16.3. The van der Waals surface area contributed by atoms with Crippen molar-refractivity contribution in [2.75, 3.05) is 7.11 Å². The number of hydrogen-bond donors (Lipinski definition) is 1. The minimum absolute atomic E-state index is 0.158. The van der Waals surface area contributed by atoms with Crippen LogP contribution in [0.2, 0.25) is 0 Å². The molecule has 0 unspecified atom stereocenters. The Balaban J connectivity index is 1.97. The number of benzene rings is 2. The summed E-state index contributed by atoms with van der Waals surface area (Å²) >= 11 is 0. The summed E-state index contributed by atoms with van der Waals surface area (Å²) in [5.74, 6) is 0.225. The molecule has 0 fully saturated rings. The van der Waals surface area contributed by atoms with Crippen LogP contribution in [0, 0.1) is 0 Å². The van der Waals surface area contributed by atoms with E-state index in [0.717, 1.165) is 5.56 Å². The standard InChI is InChI=1S/C21H22N4O3/c1-13(2)25-21(27)18-11-6-5-10-17(18)19(24-25)20(26)23-22-14(3)15-8-7-9-16(12-15)28-4/h5-13H,1-4H3,(H,23,26)/b22-14+. The molecule has 0 aliphatic rings. The van der Waals surface area contributed by atoms with Gasteiger partial charge in [-0.15, -0.1) is 0 Å². The van der Waals surface area contributed by atoms with E-state index in [1.165, 1.54) is 4.68 Å². The lowest BCUT2D eigenvalue weighted by atomic mass is 10.1. The summed E-state index contributed by atoms with van der Waals surface area (Å²) in [5, 5.41) is 9.41. The Kier molecular flexibility index (Phi) is 5.54. The van der Waals surface area contributed by atoms with Crippen molar-refractivity contribution < 1.29 is 9.53 Å². The molecular formula is C21H22N4O3. The predicted molar refractivity (Wildman–Crippen MR) is 109 cm³/mol. The fourth-order valence-corrected chi connectivity index (χ4v) is 2.82. The van der Waals surface area contributed by atoms with Crippen LogP contribution in [0.25, 0.3) is 10.8 Å². The molecular weight excluding hydrogens is 356 g/mol. The molecule has 1 aromatic heterocycles. The fourth-order valence-electron chi connectivity index (χ4n) is 2.82. The Morgan fingerprint density at radius 1 is 1.14 bits per heavy atom. The van der Waals surface area contributed by atoms with Crippen molar-refractivity contribution >= 4 is 22.4 Å². The zero-order valence-corrected chi connectivity index (χ0v) is 16.3. The average Bonchev–Trinajstić information content (AvgIpc) is 2.72. The zero-order chi connectivity index (χ0) is 20.3. The summed E-state index contributed by atoms with van der Waals surface area (Å²) in [6, 6.07) is 14.2. The number of rotatable bonds is 5. The lowest BCUT2D eigenvalue weighted by Crippen LogP contribution is -2.30. The van der Waals surface area contributed by atoms with Gasteiger partial charge in [-0.2, -0.15) is 10.2 Å². The SMILES string of the molecule is COc1cccc(/C(C)=N/NC(=O)c2nn(C(C)C)c(=O)c3ccccc23)c1. The number of aromatic nitrogens is 2. The second-order valence-electron chi connectivity index (χ2n) is 6.61. The first-order valence-electron chi connectivity index (χ1n) is 8.93. The molecule has 1 heterocycles. The molecule has 0 spiro atoms. The van der Waals surface area contributed by atoms with Crippen LogP contribution in [-0.2, 0) is 0 Å². The van der Waals surface area contributed by atoms with Gasteiger partial charge in [0.2, 0.25) is 0 Å². The van der Waals surface area contributed by atoms with Crippen LogP contribution < -0.4 is 15.7 Å². The quantitative estimate of drug-likeness (QED) is 0.546. The van der Waals surface area contributed by atoms with E-state index >= 15 is 0 Å². The second kappa shape index (κ2) is 8.04. The van der Waals surface area contributed by atoms with Crippen LogP contribution in [-0.4, -0.2) is 28.5 Å². The molecule has 0 aliphatic heterocycles. The molecule has 0 bridgehead atoms. The third-order valence-corrected chi connectivity index (χ3v) is 4.35. The Hall–Kier alpha value is -3.48. The van der Waals surface area contributed by atoms with Gasteiger partial charge in [0.05, 0.1) is 24.2 Å². The number of carbonyl (C=O) groups excluding carboxylic acids is 1. The number of methoxy groups -OCH3 is 1. The number of nitrogens with one attached hydrogen (secondary N) is 1. The van der Waals surface area contributed by atoms with E-state index in [0.29, 0.717) is 22.2 Å².